The molecule has 2 rings (SSSR count). The van der Waals surface area contributed by atoms with Crippen molar-refractivity contribution in [2.75, 3.05) is 26.9 Å². The number of urea groups is 1. The van der Waals surface area contributed by atoms with Gasteiger partial charge in [-0.3, -0.25) is 0 Å². The molecule has 0 radical (unpaired) electrons. The average Bonchev–Trinajstić information content (AvgIpc) is 2.47. The second-order valence-electron chi connectivity index (χ2n) is 5.52. The van der Waals surface area contributed by atoms with E-state index in [4.69, 9.17) is 9.47 Å². The second-order valence-corrected chi connectivity index (χ2v) is 5.52. The van der Waals surface area contributed by atoms with E-state index in [-0.39, 0.29) is 18.1 Å². The maximum Gasteiger partial charge on any atom is 0.318 e. The third-order valence-corrected chi connectivity index (χ3v) is 3.67. The molecular formula is C16H24N2O3. The molecule has 0 bridgehead atoms. The van der Waals surface area contributed by atoms with Crippen molar-refractivity contribution >= 4 is 6.03 Å². The first-order valence-electron chi connectivity index (χ1n) is 7.38. The first kappa shape index (κ1) is 15.6. The number of methoxy groups -OCH3 is 1. The number of nitrogens with zero attached hydrogens (tertiary/aromatic N) is 1. The number of hydrogen-bond donors (Lipinski definition) is 1. The molecule has 2 atom stereocenters. The molecular weight excluding hydrogens is 268 g/mol. The lowest BCUT2D eigenvalue weighted by Crippen LogP contribution is -2.53. The summed E-state index contributed by atoms with van der Waals surface area (Å²) in [4.78, 5) is 14.1. The van der Waals surface area contributed by atoms with Crippen LogP contribution in [0.25, 0.3) is 0 Å². The molecule has 2 amide bonds. The van der Waals surface area contributed by atoms with Crippen LogP contribution in [0.5, 0.6) is 5.75 Å². The van der Waals surface area contributed by atoms with Crippen molar-refractivity contribution in [2.45, 2.75) is 32.4 Å². The van der Waals surface area contributed by atoms with Crippen LogP contribution in [0.4, 0.5) is 4.79 Å². The van der Waals surface area contributed by atoms with E-state index in [9.17, 15) is 4.79 Å². The standard InChI is InChI=1S/C16H24N2O3/c1-12(9-14-5-4-6-15(10-14)20-3)17-16(19)18-7-8-21-11-13(18)2/h4-6,10,12-13H,7-9,11H2,1-3H3,(H,17,19)/t12-,13-/m0/s1. The highest BCUT2D eigenvalue weighted by atomic mass is 16.5. The molecule has 0 aromatic heterocycles. The average molecular weight is 292 g/mol. The number of carbonyl (C=O) groups is 1. The molecule has 5 heteroatoms. The number of nitrogens with one attached hydrogen (secondary N) is 1. The minimum absolute atomic E-state index is 0.0128. The number of hydrogen-bond acceptors (Lipinski definition) is 3. The topological polar surface area (TPSA) is 50.8 Å². The number of benzene rings is 1. The van der Waals surface area contributed by atoms with Crippen molar-refractivity contribution in [3.63, 3.8) is 0 Å². The summed E-state index contributed by atoms with van der Waals surface area (Å²) in [5.74, 6) is 0.841. The van der Waals surface area contributed by atoms with Gasteiger partial charge >= 0.3 is 6.03 Å². The van der Waals surface area contributed by atoms with E-state index in [1.165, 1.54) is 0 Å². The summed E-state index contributed by atoms with van der Waals surface area (Å²) < 4.78 is 10.6. The number of ether oxygens (including phenoxy) is 2. The first-order valence-corrected chi connectivity index (χ1v) is 7.38. The van der Waals surface area contributed by atoms with E-state index in [1.807, 2.05) is 43.0 Å². The minimum Gasteiger partial charge on any atom is -0.497 e. The monoisotopic (exact) mass is 292 g/mol. The van der Waals surface area contributed by atoms with Gasteiger partial charge in [-0.05, 0) is 38.0 Å². The highest BCUT2D eigenvalue weighted by molar-refractivity contribution is 5.75. The summed E-state index contributed by atoms with van der Waals surface area (Å²) in [6, 6.07) is 8.11. The van der Waals surface area contributed by atoms with Crippen LogP contribution in [0, 0.1) is 0 Å². The third kappa shape index (κ3) is 4.36. The van der Waals surface area contributed by atoms with E-state index >= 15 is 0 Å². The molecule has 116 valence electrons. The van der Waals surface area contributed by atoms with Gasteiger partial charge < -0.3 is 19.7 Å². The second kappa shape index (κ2) is 7.31. The molecule has 1 saturated heterocycles. The van der Waals surface area contributed by atoms with E-state index in [2.05, 4.69) is 5.32 Å². The predicted molar refractivity (Wildman–Crippen MR) is 81.7 cm³/mol. The van der Waals surface area contributed by atoms with E-state index < -0.39 is 0 Å². The van der Waals surface area contributed by atoms with Crippen LogP contribution in [-0.4, -0.2) is 49.9 Å². The Hall–Kier alpha value is -1.75. The number of rotatable bonds is 4. The minimum atomic E-state index is -0.0128. The van der Waals surface area contributed by atoms with Crippen LogP contribution >= 0.6 is 0 Å². The van der Waals surface area contributed by atoms with Crippen LogP contribution < -0.4 is 10.1 Å². The van der Waals surface area contributed by atoms with Gasteiger partial charge in [-0.2, -0.15) is 0 Å². The molecule has 21 heavy (non-hydrogen) atoms. The molecule has 0 unspecified atom stereocenters. The normalized spacial score (nSPS) is 20.0. The molecule has 1 aromatic rings. The lowest BCUT2D eigenvalue weighted by molar-refractivity contribution is 0.0185. The molecule has 1 N–H and O–H groups in total. The summed E-state index contributed by atoms with van der Waals surface area (Å²) >= 11 is 0. The van der Waals surface area contributed by atoms with Crippen molar-refractivity contribution in [1.82, 2.24) is 10.2 Å². The molecule has 1 aliphatic rings. The van der Waals surface area contributed by atoms with E-state index in [0.717, 1.165) is 17.7 Å². The third-order valence-electron chi connectivity index (χ3n) is 3.67. The largest absolute Gasteiger partial charge is 0.497 e. The highest BCUT2D eigenvalue weighted by Gasteiger charge is 2.24. The Kier molecular flexibility index (Phi) is 5.44. The van der Waals surface area contributed by atoms with Gasteiger partial charge in [-0.1, -0.05) is 12.1 Å². The lowest BCUT2D eigenvalue weighted by atomic mass is 10.1. The van der Waals surface area contributed by atoms with Crippen molar-refractivity contribution in [1.29, 1.82) is 0 Å². The van der Waals surface area contributed by atoms with Crippen LogP contribution in [0.1, 0.15) is 19.4 Å². The Labute approximate surface area is 126 Å². The number of morpholine rings is 1. The Balaban J connectivity index is 1.88. The molecule has 1 aromatic carbocycles. The molecule has 1 fully saturated rings. The van der Waals surface area contributed by atoms with Crippen molar-refractivity contribution in [3.05, 3.63) is 29.8 Å². The van der Waals surface area contributed by atoms with Gasteiger partial charge in [0.2, 0.25) is 0 Å². The van der Waals surface area contributed by atoms with Crippen LogP contribution in [0.15, 0.2) is 24.3 Å². The van der Waals surface area contributed by atoms with Gasteiger partial charge in [0.15, 0.2) is 0 Å². The fourth-order valence-electron chi connectivity index (χ4n) is 2.53. The quantitative estimate of drug-likeness (QED) is 0.924. The maximum atomic E-state index is 12.3. The zero-order valence-electron chi connectivity index (χ0n) is 13.0. The van der Waals surface area contributed by atoms with Crippen LogP contribution in [0.3, 0.4) is 0 Å². The van der Waals surface area contributed by atoms with Gasteiger partial charge in [-0.25, -0.2) is 4.79 Å². The molecule has 1 aliphatic heterocycles. The van der Waals surface area contributed by atoms with Crippen molar-refractivity contribution < 1.29 is 14.3 Å². The van der Waals surface area contributed by atoms with Gasteiger partial charge in [0.1, 0.15) is 5.75 Å². The fourth-order valence-corrected chi connectivity index (χ4v) is 2.53. The Morgan fingerprint density at radius 1 is 1.57 bits per heavy atom. The first-order chi connectivity index (χ1) is 10.1. The van der Waals surface area contributed by atoms with Gasteiger partial charge in [0.25, 0.3) is 0 Å². The number of carbonyl (C=O) groups excluding carboxylic acids is 1. The van der Waals surface area contributed by atoms with Crippen LogP contribution in [-0.2, 0) is 11.2 Å². The SMILES string of the molecule is COc1cccc(C[C@H](C)NC(=O)N2CCOC[C@@H]2C)c1. The summed E-state index contributed by atoms with van der Waals surface area (Å²) in [6.07, 6.45) is 0.779. The predicted octanol–water partition coefficient (Wildman–Crippen LogP) is 2.06. The summed E-state index contributed by atoms with van der Waals surface area (Å²) in [6.45, 7) is 5.90. The Morgan fingerprint density at radius 3 is 3.10 bits per heavy atom. The van der Waals surface area contributed by atoms with Gasteiger partial charge in [-0.15, -0.1) is 0 Å². The molecule has 0 saturated carbocycles. The Morgan fingerprint density at radius 2 is 2.38 bits per heavy atom. The lowest BCUT2D eigenvalue weighted by Gasteiger charge is -2.34. The van der Waals surface area contributed by atoms with Gasteiger partial charge in [0, 0.05) is 12.6 Å². The molecule has 0 aliphatic carbocycles. The number of amides is 2. The fraction of sp³-hybridized carbons (Fsp3) is 0.562. The van der Waals surface area contributed by atoms with E-state index in [0.29, 0.717) is 19.8 Å². The zero-order valence-corrected chi connectivity index (χ0v) is 13.0. The molecule has 1 heterocycles. The van der Waals surface area contributed by atoms with Crippen molar-refractivity contribution in [2.24, 2.45) is 0 Å². The summed E-state index contributed by atoms with van der Waals surface area (Å²) in [5.41, 5.74) is 1.15. The Bertz CT molecular complexity index is 478. The maximum absolute atomic E-state index is 12.3. The summed E-state index contributed by atoms with van der Waals surface area (Å²) in [5, 5.41) is 3.06. The smallest absolute Gasteiger partial charge is 0.318 e. The van der Waals surface area contributed by atoms with Crippen molar-refractivity contribution in [3.8, 4) is 5.75 Å². The van der Waals surface area contributed by atoms with E-state index in [1.54, 1.807) is 7.11 Å². The van der Waals surface area contributed by atoms with Crippen LogP contribution in [0.2, 0.25) is 0 Å². The molecule has 5 nitrogen and oxygen atoms in total. The van der Waals surface area contributed by atoms with Gasteiger partial charge in [0.05, 0.1) is 26.4 Å². The highest BCUT2D eigenvalue weighted by Crippen LogP contribution is 2.14. The summed E-state index contributed by atoms with van der Waals surface area (Å²) in [7, 11) is 1.66. The zero-order chi connectivity index (χ0) is 15.2. The molecule has 0 spiro atoms.